The van der Waals surface area contributed by atoms with E-state index in [-0.39, 0.29) is 0 Å². The molecule has 2 N–H and O–H groups in total. The Morgan fingerprint density at radius 2 is 2.00 bits per heavy atom. The van der Waals surface area contributed by atoms with Gasteiger partial charge in [0.2, 0.25) is 0 Å². The third-order valence-corrected chi connectivity index (χ3v) is 5.00. The molecule has 0 aliphatic heterocycles. The highest BCUT2D eigenvalue weighted by Gasteiger charge is 2.32. The zero-order chi connectivity index (χ0) is 14.6. The average Bonchev–Trinajstić information content (AvgIpc) is 2.90. The van der Waals surface area contributed by atoms with E-state index in [1.165, 1.54) is 25.7 Å². The molecule has 3 heteroatoms. The number of hydrogen-bond acceptors (Lipinski definition) is 2. The second-order valence-corrected chi connectivity index (χ2v) is 7.38. The zero-order valence-electron chi connectivity index (χ0n) is 13.6. The molecule has 1 heterocycles. The predicted molar refractivity (Wildman–Crippen MR) is 84.7 cm³/mol. The van der Waals surface area contributed by atoms with Gasteiger partial charge in [-0.1, -0.05) is 27.7 Å². The van der Waals surface area contributed by atoms with Crippen LogP contribution in [0.5, 0.6) is 0 Å². The highest BCUT2D eigenvalue weighted by Crippen LogP contribution is 2.40. The zero-order valence-corrected chi connectivity index (χ0v) is 13.6. The maximum Gasteiger partial charge on any atom is 0.107 e. The number of H-pyrrole nitrogens is 1. The molecule has 1 aliphatic carbocycles. The van der Waals surface area contributed by atoms with Crippen molar-refractivity contribution >= 4 is 0 Å². The molecular weight excluding hydrogens is 246 g/mol. The van der Waals surface area contributed by atoms with Gasteiger partial charge in [-0.25, -0.2) is 4.98 Å². The monoisotopic (exact) mass is 277 g/mol. The van der Waals surface area contributed by atoms with E-state index in [0.717, 1.165) is 30.6 Å². The van der Waals surface area contributed by atoms with Crippen molar-refractivity contribution in [2.75, 3.05) is 6.54 Å². The normalized spacial score (nSPS) is 25.6. The van der Waals surface area contributed by atoms with Crippen LogP contribution in [0.15, 0.2) is 12.4 Å². The maximum absolute atomic E-state index is 4.39. The lowest BCUT2D eigenvalue weighted by atomic mass is 9.68. The van der Waals surface area contributed by atoms with E-state index in [9.17, 15) is 0 Å². The van der Waals surface area contributed by atoms with Gasteiger partial charge >= 0.3 is 0 Å². The van der Waals surface area contributed by atoms with Crippen LogP contribution in [0.4, 0.5) is 0 Å². The number of rotatable bonds is 5. The SMILES string of the molecule is CCNC(Cc1ncc[nH]1)C1CCC(C(C)(C)C)CC1. The van der Waals surface area contributed by atoms with Crippen LogP contribution in [-0.2, 0) is 6.42 Å². The maximum atomic E-state index is 4.39. The minimum Gasteiger partial charge on any atom is -0.349 e. The molecule has 114 valence electrons. The third kappa shape index (κ3) is 4.08. The van der Waals surface area contributed by atoms with Gasteiger partial charge in [0.25, 0.3) is 0 Å². The number of aromatic nitrogens is 2. The number of nitrogens with zero attached hydrogens (tertiary/aromatic N) is 1. The average molecular weight is 277 g/mol. The van der Waals surface area contributed by atoms with Gasteiger partial charge < -0.3 is 10.3 Å². The van der Waals surface area contributed by atoms with E-state index in [1.807, 2.05) is 12.4 Å². The van der Waals surface area contributed by atoms with Gasteiger partial charge in [-0.3, -0.25) is 0 Å². The molecule has 0 spiro atoms. The fourth-order valence-electron chi connectivity index (χ4n) is 3.67. The summed E-state index contributed by atoms with van der Waals surface area (Å²) in [5.74, 6) is 2.82. The van der Waals surface area contributed by atoms with Crippen LogP contribution in [0.2, 0.25) is 0 Å². The second kappa shape index (κ2) is 6.75. The summed E-state index contributed by atoms with van der Waals surface area (Å²) in [4.78, 5) is 7.64. The number of hydrogen-bond donors (Lipinski definition) is 2. The molecule has 2 rings (SSSR count). The topological polar surface area (TPSA) is 40.7 Å². The summed E-state index contributed by atoms with van der Waals surface area (Å²) in [7, 11) is 0. The summed E-state index contributed by atoms with van der Waals surface area (Å²) in [6.45, 7) is 10.4. The molecule has 0 radical (unpaired) electrons. The molecule has 20 heavy (non-hydrogen) atoms. The molecule has 3 nitrogen and oxygen atoms in total. The van der Waals surface area contributed by atoms with Crippen LogP contribution < -0.4 is 5.32 Å². The Morgan fingerprint density at radius 3 is 2.50 bits per heavy atom. The third-order valence-electron chi connectivity index (χ3n) is 5.00. The van der Waals surface area contributed by atoms with Crippen molar-refractivity contribution in [2.45, 2.75) is 65.8 Å². The molecular formula is C17H31N3. The van der Waals surface area contributed by atoms with Crippen molar-refractivity contribution < 1.29 is 0 Å². The first kappa shape index (κ1) is 15.6. The fourth-order valence-corrected chi connectivity index (χ4v) is 3.67. The Hall–Kier alpha value is -0.830. The number of aromatic amines is 1. The molecule has 1 unspecified atom stereocenters. The van der Waals surface area contributed by atoms with Gasteiger partial charge in [-0.05, 0) is 49.5 Å². The van der Waals surface area contributed by atoms with Gasteiger partial charge in [-0.2, -0.15) is 0 Å². The van der Waals surface area contributed by atoms with Crippen LogP contribution in [0.3, 0.4) is 0 Å². The Kier molecular flexibility index (Phi) is 5.25. The van der Waals surface area contributed by atoms with Gasteiger partial charge in [0.1, 0.15) is 5.82 Å². The van der Waals surface area contributed by atoms with Crippen LogP contribution in [0.25, 0.3) is 0 Å². The number of nitrogens with one attached hydrogen (secondary N) is 2. The van der Waals surface area contributed by atoms with E-state index < -0.39 is 0 Å². The van der Waals surface area contributed by atoms with E-state index in [2.05, 4.69) is 43.0 Å². The van der Waals surface area contributed by atoms with E-state index in [0.29, 0.717) is 11.5 Å². The smallest absolute Gasteiger partial charge is 0.107 e. The first-order chi connectivity index (χ1) is 9.50. The van der Waals surface area contributed by atoms with Crippen molar-refractivity contribution in [1.29, 1.82) is 0 Å². The molecule has 0 amide bonds. The van der Waals surface area contributed by atoms with Crippen LogP contribution in [-0.4, -0.2) is 22.6 Å². The highest BCUT2D eigenvalue weighted by molar-refractivity contribution is 4.95. The van der Waals surface area contributed by atoms with Gasteiger partial charge in [-0.15, -0.1) is 0 Å². The Balaban J connectivity index is 1.91. The molecule has 1 atom stereocenters. The minimum atomic E-state index is 0.472. The van der Waals surface area contributed by atoms with Crippen LogP contribution >= 0.6 is 0 Å². The lowest BCUT2D eigenvalue weighted by molar-refractivity contribution is 0.132. The fraction of sp³-hybridized carbons (Fsp3) is 0.824. The first-order valence-corrected chi connectivity index (χ1v) is 8.22. The number of imidazole rings is 1. The molecule has 0 saturated heterocycles. The quantitative estimate of drug-likeness (QED) is 0.860. The Morgan fingerprint density at radius 1 is 1.30 bits per heavy atom. The van der Waals surface area contributed by atoms with Crippen molar-refractivity contribution in [3.8, 4) is 0 Å². The second-order valence-electron chi connectivity index (χ2n) is 7.38. The molecule has 1 aromatic rings. The summed E-state index contributed by atoms with van der Waals surface area (Å²) in [6.07, 6.45) is 10.3. The summed E-state index contributed by atoms with van der Waals surface area (Å²) in [5.41, 5.74) is 0.472. The predicted octanol–water partition coefficient (Wildman–Crippen LogP) is 3.78. The van der Waals surface area contributed by atoms with Gasteiger partial charge in [0, 0.05) is 24.9 Å². The summed E-state index contributed by atoms with van der Waals surface area (Å²) in [5, 5.41) is 3.68. The summed E-state index contributed by atoms with van der Waals surface area (Å²) >= 11 is 0. The first-order valence-electron chi connectivity index (χ1n) is 8.22. The Labute approximate surface area is 124 Å². The van der Waals surface area contributed by atoms with Crippen LogP contribution in [0.1, 0.15) is 59.2 Å². The van der Waals surface area contributed by atoms with Gasteiger partial charge in [0.05, 0.1) is 0 Å². The summed E-state index contributed by atoms with van der Waals surface area (Å²) in [6, 6.07) is 0.576. The van der Waals surface area contributed by atoms with Gasteiger partial charge in [0.15, 0.2) is 0 Å². The van der Waals surface area contributed by atoms with Crippen molar-refractivity contribution in [1.82, 2.24) is 15.3 Å². The lowest BCUT2D eigenvalue weighted by Gasteiger charge is -2.39. The van der Waals surface area contributed by atoms with E-state index in [4.69, 9.17) is 0 Å². The molecule has 1 saturated carbocycles. The molecule has 1 aliphatic rings. The van der Waals surface area contributed by atoms with Crippen molar-refractivity contribution in [3.63, 3.8) is 0 Å². The Bertz CT molecular complexity index is 369. The molecule has 1 fully saturated rings. The largest absolute Gasteiger partial charge is 0.349 e. The van der Waals surface area contributed by atoms with E-state index >= 15 is 0 Å². The lowest BCUT2D eigenvalue weighted by Crippen LogP contribution is -2.41. The minimum absolute atomic E-state index is 0.472. The van der Waals surface area contributed by atoms with Crippen molar-refractivity contribution in [2.24, 2.45) is 17.3 Å². The van der Waals surface area contributed by atoms with E-state index in [1.54, 1.807) is 0 Å². The standard InChI is InChI=1S/C17H31N3/c1-5-18-15(12-16-19-10-11-20-16)13-6-8-14(9-7-13)17(2,3)4/h10-11,13-15,18H,5-9,12H2,1-4H3,(H,19,20). The molecule has 0 aromatic carbocycles. The highest BCUT2D eigenvalue weighted by atomic mass is 14.9. The number of likely N-dealkylation sites (N-methyl/N-ethyl adjacent to an activating group) is 1. The summed E-state index contributed by atoms with van der Waals surface area (Å²) < 4.78 is 0. The van der Waals surface area contributed by atoms with Crippen molar-refractivity contribution in [3.05, 3.63) is 18.2 Å². The van der Waals surface area contributed by atoms with Crippen LogP contribution in [0, 0.1) is 17.3 Å². The molecule has 1 aromatic heterocycles. The molecule has 0 bridgehead atoms.